The number of anilines is 1. The van der Waals surface area contributed by atoms with E-state index in [9.17, 15) is 4.79 Å². The first kappa shape index (κ1) is 14.1. The number of hydrogen-bond acceptors (Lipinski definition) is 2. The summed E-state index contributed by atoms with van der Waals surface area (Å²) in [6.07, 6.45) is 1.29. The quantitative estimate of drug-likeness (QED) is 0.880. The lowest BCUT2D eigenvalue weighted by Crippen LogP contribution is -2.14. The van der Waals surface area contributed by atoms with Crippen LogP contribution < -0.4 is 5.32 Å². The lowest BCUT2D eigenvalue weighted by atomic mass is 10.2. The fourth-order valence-electron chi connectivity index (χ4n) is 1.43. The number of halogens is 3. The van der Waals surface area contributed by atoms with E-state index < -0.39 is 5.91 Å². The summed E-state index contributed by atoms with van der Waals surface area (Å²) in [5.41, 5.74) is 1.79. The van der Waals surface area contributed by atoms with Crippen molar-refractivity contribution in [1.29, 1.82) is 0 Å². The van der Waals surface area contributed by atoms with Crippen molar-refractivity contribution in [2.45, 2.75) is 6.92 Å². The molecule has 1 N–H and O–H groups in total. The molecule has 1 amide bonds. The molecular weight excluding hydrogens is 307 g/mol. The number of rotatable bonds is 2. The molecule has 0 unspecified atom stereocenters. The van der Waals surface area contributed by atoms with Crippen molar-refractivity contribution in [3.8, 4) is 0 Å². The molecule has 3 nitrogen and oxygen atoms in total. The summed E-state index contributed by atoms with van der Waals surface area (Å²) in [7, 11) is 0. The molecule has 19 heavy (non-hydrogen) atoms. The minimum atomic E-state index is -0.438. The van der Waals surface area contributed by atoms with Crippen LogP contribution in [0, 0.1) is 6.92 Å². The van der Waals surface area contributed by atoms with Crippen molar-refractivity contribution >= 4 is 46.4 Å². The van der Waals surface area contributed by atoms with Crippen molar-refractivity contribution in [1.82, 2.24) is 4.98 Å². The molecule has 0 atom stereocenters. The lowest BCUT2D eigenvalue weighted by Gasteiger charge is -2.07. The average molecular weight is 316 g/mol. The molecule has 0 aliphatic rings. The van der Waals surface area contributed by atoms with Crippen LogP contribution in [-0.4, -0.2) is 10.9 Å². The second kappa shape index (κ2) is 5.78. The third-order valence-corrected chi connectivity index (χ3v) is 3.68. The molecular formula is C13H9Cl3N2O. The van der Waals surface area contributed by atoms with Crippen molar-refractivity contribution in [3.05, 3.63) is 56.8 Å². The van der Waals surface area contributed by atoms with Gasteiger partial charge in [0.2, 0.25) is 0 Å². The van der Waals surface area contributed by atoms with Gasteiger partial charge in [0.15, 0.2) is 0 Å². The zero-order valence-corrected chi connectivity index (χ0v) is 12.1. The Labute approximate surface area is 125 Å². The molecule has 2 aromatic rings. The Morgan fingerprint density at radius 1 is 1.11 bits per heavy atom. The van der Waals surface area contributed by atoms with Gasteiger partial charge >= 0.3 is 0 Å². The number of nitrogens with one attached hydrogen (secondary N) is 1. The van der Waals surface area contributed by atoms with Gasteiger partial charge < -0.3 is 5.32 Å². The number of nitrogens with zero attached hydrogens (tertiary/aromatic N) is 1. The molecule has 0 fully saturated rings. The van der Waals surface area contributed by atoms with Gasteiger partial charge in [-0.05, 0) is 19.1 Å². The topological polar surface area (TPSA) is 42.0 Å². The average Bonchev–Trinajstić information content (AvgIpc) is 2.39. The first-order valence-electron chi connectivity index (χ1n) is 5.36. The highest BCUT2D eigenvalue weighted by atomic mass is 35.5. The number of aryl methyl sites for hydroxylation is 1. The Bertz CT molecular complexity index is 627. The van der Waals surface area contributed by atoms with E-state index in [1.54, 1.807) is 12.1 Å². The van der Waals surface area contributed by atoms with Crippen LogP contribution in [0.25, 0.3) is 0 Å². The molecule has 0 aliphatic heterocycles. The van der Waals surface area contributed by atoms with Crippen molar-refractivity contribution < 1.29 is 4.79 Å². The zero-order chi connectivity index (χ0) is 14.0. The first-order valence-corrected chi connectivity index (χ1v) is 6.50. The summed E-state index contributed by atoms with van der Waals surface area (Å²) in [6.45, 7) is 1.96. The minimum absolute atomic E-state index is 0.0386. The molecule has 2 rings (SSSR count). The third-order valence-electron chi connectivity index (χ3n) is 2.44. The van der Waals surface area contributed by atoms with Crippen LogP contribution in [0.4, 0.5) is 5.69 Å². The maximum atomic E-state index is 12.0. The van der Waals surface area contributed by atoms with E-state index in [4.69, 9.17) is 34.8 Å². The van der Waals surface area contributed by atoms with Gasteiger partial charge in [-0.25, -0.2) is 4.98 Å². The summed E-state index contributed by atoms with van der Waals surface area (Å²) in [6, 6.07) is 7.36. The summed E-state index contributed by atoms with van der Waals surface area (Å²) in [5, 5.41) is 3.05. The van der Waals surface area contributed by atoms with E-state index in [0.717, 1.165) is 5.56 Å². The van der Waals surface area contributed by atoms with Crippen LogP contribution >= 0.6 is 34.8 Å². The second-order valence-electron chi connectivity index (χ2n) is 3.90. The fraction of sp³-hybridized carbons (Fsp3) is 0.0769. The summed E-state index contributed by atoms with van der Waals surface area (Å²) >= 11 is 17.6. The number of benzene rings is 1. The molecule has 0 aliphatic carbocycles. The van der Waals surface area contributed by atoms with Crippen molar-refractivity contribution in [3.63, 3.8) is 0 Å². The molecule has 0 spiro atoms. The monoisotopic (exact) mass is 314 g/mol. The number of carbonyl (C=O) groups is 1. The highest BCUT2D eigenvalue weighted by molar-refractivity contribution is 6.49. The van der Waals surface area contributed by atoms with Gasteiger partial charge in [0.1, 0.15) is 5.69 Å². The molecule has 1 heterocycles. The van der Waals surface area contributed by atoms with E-state index >= 15 is 0 Å². The van der Waals surface area contributed by atoms with Crippen LogP contribution in [0.15, 0.2) is 30.5 Å². The van der Waals surface area contributed by atoms with E-state index in [2.05, 4.69) is 10.3 Å². The Morgan fingerprint density at radius 3 is 2.37 bits per heavy atom. The number of carbonyl (C=O) groups excluding carboxylic acids is 1. The maximum absolute atomic E-state index is 12.0. The molecule has 1 aromatic carbocycles. The van der Waals surface area contributed by atoms with Gasteiger partial charge in [-0.2, -0.15) is 0 Å². The normalized spacial score (nSPS) is 10.3. The highest BCUT2D eigenvalue weighted by Crippen LogP contribution is 2.31. The molecule has 0 radical (unpaired) electrons. The van der Waals surface area contributed by atoms with Crippen LogP contribution in [0.2, 0.25) is 15.1 Å². The number of aromatic nitrogens is 1. The number of pyridine rings is 1. The Kier molecular flexibility index (Phi) is 4.30. The van der Waals surface area contributed by atoms with E-state index in [1.807, 2.05) is 19.1 Å². The molecule has 0 bridgehead atoms. The van der Waals surface area contributed by atoms with Crippen LogP contribution in [0.3, 0.4) is 0 Å². The molecule has 1 aromatic heterocycles. The lowest BCUT2D eigenvalue weighted by molar-refractivity contribution is 0.102. The third kappa shape index (κ3) is 3.18. The Balaban J connectivity index is 2.25. The van der Waals surface area contributed by atoms with Gasteiger partial charge in [0.05, 0.1) is 15.1 Å². The van der Waals surface area contributed by atoms with E-state index in [-0.39, 0.29) is 20.8 Å². The van der Waals surface area contributed by atoms with Crippen LogP contribution in [0.5, 0.6) is 0 Å². The molecule has 0 saturated heterocycles. The van der Waals surface area contributed by atoms with Gasteiger partial charge in [0, 0.05) is 11.9 Å². The summed E-state index contributed by atoms with van der Waals surface area (Å²) in [4.78, 5) is 15.9. The Hall–Kier alpha value is -1.29. The van der Waals surface area contributed by atoms with Gasteiger partial charge in [-0.15, -0.1) is 0 Å². The number of hydrogen-bond donors (Lipinski definition) is 1. The van der Waals surface area contributed by atoms with Crippen LogP contribution in [0.1, 0.15) is 16.1 Å². The predicted octanol–water partition coefficient (Wildman–Crippen LogP) is 4.60. The largest absolute Gasteiger partial charge is 0.321 e. The van der Waals surface area contributed by atoms with Gasteiger partial charge in [-0.3, -0.25) is 4.79 Å². The van der Waals surface area contributed by atoms with E-state index in [1.165, 1.54) is 6.20 Å². The molecule has 0 saturated carbocycles. The first-order chi connectivity index (χ1) is 8.99. The zero-order valence-electron chi connectivity index (χ0n) is 9.88. The maximum Gasteiger partial charge on any atom is 0.275 e. The molecule has 6 heteroatoms. The minimum Gasteiger partial charge on any atom is -0.321 e. The fourth-order valence-corrected chi connectivity index (χ4v) is 2.00. The van der Waals surface area contributed by atoms with Gasteiger partial charge in [0.25, 0.3) is 5.91 Å². The smallest absolute Gasteiger partial charge is 0.275 e. The Morgan fingerprint density at radius 2 is 1.74 bits per heavy atom. The van der Waals surface area contributed by atoms with Crippen LogP contribution in [-0.2, 0) is 0 Å². The van der Waals surface area contributed by atoms with Gasteiger partial charge in [-0.1, -0.05) is 52.5 Å². The number of amides is 1. The second-order valence-corrected chi connectivity index (χ2v) is 5.07. The SMILES string of the molecule is Cc1ccc(NC(=O)c2ncc(Cl)c(Cl)c2Cl)cc1. The highest BCUT2D eigenvalue weighted by Gasteiger charge is 2.17. The summed E-state index contributed by atoms with van der Waals surface area (Å²) in [5.74, 6) is -0.438. The molecule has 98 valence electrons. The standard InChI is InChI=1S/C13H9Cl3N2O/c1-7-2-4-8(5-3-7)18-13(19)12-11(16)10(15)9(14)6-17-12/h2-6H,1H3,(H,18,19). The predicted molar refractivity (Wildman–Crippen MR) is 78.4 cm³/mol. The van der Waals surface area contributed by atoms with Crippen molar-refractivity contribution in [2.75, 3.05) is 5.32 Å². The van der Waals surface area contributed by atoms with Crippen molar-refractivity contribution in [2.24, 2.45) is 0 Å². The summed E-state index contributed by atoms with van der Waals surface area (Å²) < 4.78 is 0. The van der Waals surface area contributed by atoms with E-state index in [0.29, 0.717) is 5.69 Å².